The Hall–Kier alpha value is -1.84. The molecule has 0 amide bonds. The van der Waals surface area contributed by atoms with Gasteiger partial charge in [-0.25, -0.2) is 4.68 Å². The third-order valence-corrected chi connectivity index (χ3v) is 3.29. The van der Waals surface area contributed by atoms with Crippen molar-refractivity contribution >= 4 is 5.82 Å². The van der Waals surface area contributed by atoms with Crippen LogP contribution in [0.4, 0.5) is 5.82 Å². The van der Waals surface area contributed by atoms with Crippen LogP contribution in [-0.4, -0.2) is 21.3 Å². The lowest BCUT2D eigenvalue weighted by Crippen LogP contribution is -2.26. The molecule has 2 aromatic heterocycles. The van der Waals surface area contributed by atoms with Gasteiger partial charge in [0.2, 0.25) is 0 Å². The van der Waals surface area contributed by atoms with Crippen molar-refractivity contribution in [2.45, 2.75) is 25.8 Å². The molecular formula is C13H16N4. The quantitative estimate of drug-likeness (QED) is 0.855. The molecule has 1 aliphatic heterocycles. The summed E-state index contributed by atoms with van der Waals surface area (Å²) >= 11 is 0. The largest absolute Gasteiger partial charge is 0.370 e. The molecule has 2 aromatic rings. The SMILES string of the molecule is CCc1cc2n(n1)CC(c1ccncc1)CN2. The zero-order valence-corrected chi connectivity index (χ0v) is 9.93. The fraction of sp³-hybridized carbons (Fsp3) is 0.385. The highest BCUT2D eigenvalue weighted by Crippen LogP contribution is 2.25. The molecule has 1 unspecified atom stereocenters. The molecule has 1 N–H and O–H groups in total. The first kappa shape index (κ1) is 10.3. The number of hydrogen-bond acceptors (Lipinski definition) is 3. The van der Waals surface area contributed by atoms with Gasteiger partial charge in [0.05, 0.1) is 12.2 Å². The molecule has 0 fully saturated rings. The fourth-order valence-electron chi connectivity index (χ4n) is 2.28. The average Bonchev–Trinajstić information content (AvgIpc) is 2.81. The van der Waals surface area contributed by atoms with Crippen molar-refractivity contribution in [1.29, 1.82) is 0 Å². The van der Waals surface area contributed by atoms with E-state index >= 15 is 0 Å². The minimum Gasteiger partial charge on any atom is -0.370 e. The number of hydrogen-bond donors (Lipinski definition) is 1. The summed E-state index contributed by atoms with van der Waals surface area (Å²) in [6.07, 6.45) is 4.69. The molecule has 4 heteroatoms. The highest BCUT2D eigenvalue weighted by molar-refractivity contribution is 5.40. The van der Waals surface area contributed by atoms with Crippen LogP contribution < -0.4 is 5.32 Å². The number of aryl methyl sites for hydroxylation is 1. The fourth-order valence-corrected chi connectivity index (χ4v) is 2.28. The molecule has 1 atom stereocenters. The molecule has 0 saturated carbocycles. The second-order valence-corrected chi connectivity index (χ2v) is 4.41. The smallest absolute Gasteiger partial charge is 0.124 e. The van der Waals surface area contributed by atoms with Gasteiger partial charge in [0, 0.05) is 30.9 Å². The molecule has 0 bridgehead atoms. The van der Waals surface area contributed by atoms with Gasteiger partial charge in [0.15, 0.2) is 0 Å². The molecule has 0 aromatic carbocycles. The maximum atomic E-state index is 4.58. The van der Waals surface area contributed by atoms with Gasteiger partial charge in [-0.05, 0) is 24.1 Å². The Morgan fingerprint density at radius 2 is 2.24 bits per heavy atom. The Morgan fingerprint density at radius 3 is 3.00 bits per heavy atom. The number of aromatic nitrogens is 3. The summed E-state index contributed by atoms with van der Waals surface area (Å²) in [6, 6.07) is 6.31. The molecule has 0 aliphatic carbocycles. The molecule has 0 saturated heterocycles. The molecule has 4 nitrogen and oxygen atoms in total. The van der Waals surface area contributed by atoms with Crippen molar-refractivity contribution in [1.82, 2.24) is 14.8 Å². The lowest BCUT2D eigenvalue weighted by molar-refractivity contribution is 0.502. The van der Waals surface area contributed by atoms with E-state index in [1.54, 1.807) is 0 Å². The summed E-state index contributed by atoms with van der Waals surface area (Å²) in [5.74, 6) is 1.63. The monoisotopic (exact) mass is 228 g/mol. The highest BCUT2D eigenvalue weighted by Gasteiger charge is 2.20. The van der Waals surface area contributed by atoms with E-state index < -0.39 is 0 Å². The number of nitrogens with one attached hydrogen (secondary N) is 1. The van der Waals surface area contributed by atoms with Gasteiger partial charge in [-0.1, -0.05) is 6.92 Å². The van der Waals surface area contributed by atoms with Gasteiger partial charge in [0.25, 0.3) is 0 Å². The Kier molecular flexibility index (Phi) is 2.55. The number of fused-ring (bicyclic) bond motifs is 1. The Morgan fingerprint density at radius 1 is 1.41 bits per heavy atom. The predicted molar refractivity (Wildman–Crippen MR) is 67.1 cm³/mol. The van der Waals surface area contributed by atoms with Crippen LogP contribution in [0.3, 0.4) is 0 Å². The van der Waals surface area contributed by atoms with Crippen molar-refractivity contribution in [3.8, 4) is 0 Å². The standard InChI is InChI=1S/C13H16N4/c1-2-12-7-13-15-8-11(9-17(13)16-12)10-3-5-14-6-4-10/h3-7,11,15H,2,8-9H2,1H3. The van der Waals surface area contributed by atoms with E-state index in [4.69, 9.17) is 0 Å². The summed E-state index contributed by atoms with van der Waals surface area (Å²) in [5, 5.41) is 8.03. The van der Waals surface area contributed by atoms with Crippen LogP contribution in [0.1, 0.15) is 24.1 Å². The summed E-state index contributed by atoms with van der Waals surface area (Å²) in [5.41, 5.74) is 2.48. The Bertz CT molecular complexity index is 503. The first-order valence-electron chi connectivity index (χ1n) is 6.07. The summed E-state index contributed by atoms with van der Waals surface area (Å²) in [6.45, 7) is 4.06. The van der Waals surface area contributed by atoms with E-state index in [2.05, 4.69) is 45.2 Å². The van der Waals surface area contributed by atoms with E-state index in [1.807, 2.05) is 12.4 Å². The molecule has 88 valence electrons. The van der Waals surface area contributed by atoms with Gasteiger partial charge in [-0.15, -0.1) is 0 Å². The Labute approximate surface area is 101 Å². The molecule has 17 heavy (non-hydrogen) atoms. The zero-order chi connectivity index (χ0) is 11.7. The Balaban J connectivity index is 1.85. The molecular weight excluding hydrogens is 212 g/mol. The van der Waals surface area contributed by atoms with Crippen molar-refractivity contribution in [2.75, 3.05) is 11.9 Å². The van der Waals surface area contributed by atoms with Crippen LogP contribution in [0.5, 0.6) is 0 Å². The maximum Gasteiger partial charge on any atom is 0.124 e. The molecule has 1 aliphatic rings. The van der Waals surface area contributed by atoms with Crippen LogP contribution >= 0.6 is 0 Å². The van der Waals surface area contributed by atoms with Crippen LogP contribution in [0.25, 0.3) is 0 Å². The van der Waals surface area contributed by atoms with E-state index in [-0.39, 0.29) is 0 Å². The zero-order valence-electron chi connectivity index (χ0n) is 9.93. The van der Waals surface area contributed by atoms with Gasteiger partial charge >= 0.3 is 0 Å². The van der Waals surface area contributed by atoms with Crippen LogP contribution in [0.2, 0.25) is 0 Å². The second-order valence-electron chi connectivity index (χ2n) is 4.41. The molecule has 0 spiro atoms. The number of pyridine rings is 1. The lowest BCUT2D eigenvalue weighted by Gasteiger charge is -2.25. The molecule has 3 heterocycles. The van der Waals surface area contributed by atoms with E-state index in [0.29, 0.717) is 5.92 Å². The van der Waals surface area contributed by atoms with Gasteiger partial charge in [-0.3, -0.25) is 4.98 Å². The van der Waals surface area contributed by atoms with E-state index in [9.17, 15) is 0 Å². The van der Waals surface area contributed by atoms with Crippen LogP contribution in [-0.2, 0) is 13.0 Å². The van der Waals surface area contributed by atoms with Crippen molar-refractivity contribution in [3.63, 3.8) is 0 Å². The van der Waals surface area contributed by atoms with Crippen LogP contribution in [0.15, 0.2) is 30.6 Å². The summed E-state index contributed by atoms with van der Waals surface area (Å²) in [7, 11) is 0. The van der Waals surface area contributed by atoms with Crippen molar-refractivity contribution in [2.24, 2.45) is 0 Å². The topological polar surface area (TPSA) is 42.7 Å². The number of anilines is 1. The predicted octanol–water partition coefficient (Wildman–Crippen LogP) is 2.05. The second kappa shape index (κ2) is 4.20. The third kappa shape index (κ3) is 1.90. The maximum absolute atomic E-state index is 4.58. The molecule has 0 radical (unpaired) electrons. The first-order valence-corrected chi connectivity index (χ1v) is 6.07. The third-order valence-electron chi connectivity index (χ3n) is 3.29. The lowest BCUT2D eigenvalue weighted by atomic mass is 9.99. The minimum absolute atomic E-state index is 0.482. The van der Waals surface area contributed by atoms with Crippen LogP contribution in [0, 0.1) is 0 Å². The number of nitrogens with zero attached hydrogens (tertiary/aromatic N) is 3. The van der Waals surface area contributed by atoms with E-state index in [1.165, 1.54) is 5.56 Å². The van der Waals surface area contributed by atoms with Gasteiger partial charge < -0.3 is 5.32 Å². The first-order chi connectivity index (χ1) is 8.36. The van der Waals surface area contributed by atoms with Gasteiger partial charge in [-0.2, -0.15) is 5.10 Å². The van der Waals surface area contributed by atoms with E-state index in [0.717, 1.165) is 31.0 Å². The number of rotatable bonds is 2. The summed E-state index contributed by atoms with van der Waals surface area (Å²) in [4.78, 5) is 4.06. The van der Waals surface area contributed by atoms with Gasteiger partial charge in [0.1, 0.15) is 5.82 Å². The normalized spacial score (nSPS) is 18.5. The van der Waals surface area contributed by atoms with Crippen molar-refractivity contribution in [3.05, 3.63) is 41.9 Å². The highest BCUT2D eigenvalue weighted by atomic mass is 15.3. The van der Waals surface area contributed by atoms with Crippen molar-refractivity contribution < 1.29 is 0 Å². The average molecular weight is 228 g/mol. The molecule has 3 rings (SSSR count). The summed E-state index contributed by atoms with van der Waals surface area (Å²) < 4.78 is 2.08. The minimum atomic E-state index is 0.482.